The van der Waals surface area contributed by atoms with Crippen LogP contribution in [0.3, 0.4) is 0 Å². The van der Waals surface area contributed by atoms with Gasteiger partial charge in [0.1, 0.15) is 5.82 Å². The maximum atomic E-state index is 13.6. The van der Waals surface area contributed by atoms with E-state index in [0.29, 0.717) is 17.9 Å². The van der Waals surface area contributed by atoms with E-state index >= 15 is 0 Å². The van der Waals surface area contributed by atoms with Gasteiger partial charge in [0.05, 0.1) is 0 Å². The van der Waals surface area contributed by atoms with Crippen molar-refractivity contribution in [2.75, 3.05) is 13.1 Å². The molecule has 3 aromatic rings. The summed E-state index contributed by atoms with van der Waals surface area (Å²) in [7, 11) is 1.90. The van der Waals surface area contributed by atoms with Crippen molar-refractivity contribution in [3.05, 3.63) is 77.9 Å². The molecule has 1 aromatic heterocycles. The summed E-state index contributed by atoms with van der Waals surface area (Å²) in [5.41, 5.74) is 2.75. The van der Waals surface area contributed by atoms with Gasteiger partial charge in [-0.05, 0) is 61.2 Å². The quantitative estimate of drug-likeness (QED) is 0.446. The highest BCUT2D eigenvalue weighted by Gasteiger charge is 2.20. The van der Waals surface area contributed by atoms with Crippen LogP contribution in [0.5, 0.6) is 0 Å². The van der Waals surface area contributed by atoms with E-state index in [2.05, 4.69) is 29.3 Å². The van der Waals surface area contributed by atoms with Gasteiger partial charge in [0.2, 0.25) is 0 Å². The molecule has 30 heavy (non-hydrogen) atoms. The number of aromatic nitrogens is 1. The third kappa shape index (κ3) is 5.11. The molecule has 0 unspecified atom stereocenters. The minimum absolute atomic E-state index is 0. The van der Waals surface area contributed by atoms with Crippen LogP contribution in [0.15, 0.2) is 60.9 Å². The SMILES string of the molecule is Cl.Cn1cc(C(=O)CCC2CCN(C=Cc3ccccc3)CC2)c2cc(F)ccc21. The first-order valence-electron chi connectivity index (χ1n) is 10.4. The average molecular weight is 427 g/mol. The Morgan fingerprint density at radius 3 is 2.60 bits per heavy atom. The number of nitrogens with zero attached hydrogens (tertiary/aromatic N) is 2. The fraction of sp³-hybridized carbons (Fsp3) is 0.320. The van der Waals surface area contributed by atoms with Crippen LogP contribution in [0.4, 0.5) is 4.39 Å². The number of carbonyl (C=O) groups excluding carboxylic acids is 1. The van der Waals surface area contributed by atoms with E-state index in [4.69, 9.17) is 0 Å². The average Bonchev–Trinajstić information content (AvgIpc) is 3.07. The van der Waals surface area contributed by atoms with Crippen molar-refractivity contribution in [1.29, 1.82) is 0 Å². The molecule has 1 saturated heterocycles. The molecule has 0 amide bonds. The Bertz CT molecular complexity index is 1020. The second kappa shape index (κ2) is 9.94. The summed E-state index contributed by atoms with van der Waals surface area (Å²) < 4.78 is 15.5. The lowest BCUT2D eigenvalue weighted by Gasteiger charge is -2.31. The van der Waals surface area contributed by atoms with Crippen LogP contribution < -0.4 is 0 Å². The molecule has 4 rings (SSSR count). The fourth-order valence-corrected chi connectivity index (χ4v) is 4.20. The monoisotopic (exact) mass is 426 g/mol. The predicted molar refractivity (Wildman–Crippen MR) is 123 cm³/mol. The summed E-state index contributed by atoms with van der Waals surface area (Å²) in [5.74, 6) is 0.397. The molecule has 0 N–H and O–H groups in total. The molecule has 5 heteroatoms. The number of piperidine rings is 1. The van der Waals surface area contributed by atoms with Gasteiger partial charge in [-0.2, -0.15) is 0 Å². The Balaban J connectivity index is 0.00000256. The van der Waals surface area contributed by atoms with Crippen molar-refractivity contribution in [3.8, 4) is 0 Å². The number of hydrogen-bond donors (Lipinski definition) is 0. The molecule has 158 valence electrons. The summed E-state index contributed by atoms with van der Waals surface area (Å²) in [6.45, 7) is 2.06. The zero-order chi connectivity index (χ0) is 20.2. The lowest BCUT2D eigenvalue weighted by atomic mass is 9.90. The molecule has 0 spiro atoms. The fourth-order valence-electron chi connectivity index (χ4n) is 4.20. The van der Waals surface area contributed by atoms with E-state index in [9.17, 15) is 9.18 Å². The number of fused-ring (bicyclic) bond motifs is 1. The Hall–Kier alpha value is -2.59. The molecular weight excluding hydrogens is 399 g/mol. The van der Waals surface area contributed by atoms with Crippen molar-refractivity contribution in [2.24, 2.45) is 13.0 Å². The van der Waals surface area contributed by atoms with Crippen LogP contribution in [0.1, 0.15) is 41.6 Å². The highest BCUT2D eigenvalue weighted by Crippen LogP contribution is 2.26. The molecule has 0 aliphatic carbocycles. The molecule has 0 saturated carbocycles. The van der Waals surface area contributed by atoms with Gasteiger partial charge in [-0.1, -0.05) is 30.3 Å². The van der Waals surface area contributed by atoms with Gasteiger partial charge in [0.15, 0.2) is 5.78 Å². The molecule has 1 aliphatic heterocycles. The van der Waals surface area contributed by atoms with Crippen LogP contribution in [-0.4, -0.2) is 28.3 Å². The van der Waals surface area contributed by atoms with Crippen molar-refractivity contribution >= 4 is 35.2 Å². The molecule has 2 heterocycles. The summed E-state index contributed by atoms with van der Waals surface area (Å²) >= 11 is 0. The number of hydrogen-bond acceptors (Lipinski definition) is 2. The van der Waals surface area contributed by atoms with Crippen molar-refractivity contribution in [3.63, 3.8) is 0 Å². The van der Waals surface area contributed by atoms with Gasteiger partial charge in [-0.3, -0.25) is 4.79 Å². The van der Waals surface area contributed by atoms with E-state index in [-0.39, 0.29) is 24.0 Å². The molecule has 2 aromatic carbocycles. The first kappa shape index (κ1) is 22.1. The zero-order valence-electron chi connectivity index (χ0n) is 17.3. The largest absolute Gasteiger partial charge is 0.377 e. The zero-order valence-corrected chi connectivity index (χ0v) is 18.1. The standard InChI is InChI=1S/C25H27FN2O.ClH/c1-27-18-23(22-17-21(26)8-9-24(22)27)25(29)10-7-20-12-15-28(16-13-20)14-11-19-5-3-2-4-6-19;/h2-6,8-9,11,14,17-18,20H,7,10,12-13,15-16H2,1H3;1H. The second-order valence-electron chi connectivity index (χ2n) is 7.98. The van der Waals surface area contributed by atoms with Gasteiger partial charge in [0, 0.05) is 49.2 Å². The number of rotatable bonds is 6. The van der Waals surface area contributed by atoms with Crippen molar-refractivity contribution in [2.45, 2.75) is 25.7 Å². The highest BCUT2D eigenvalue weighted by atomic mass is 35.5. The Kier molecular flexibility index (Phi) is 7.33. The summed E-state index contributed by atoms with van der Waals surface area (Å²) in [6.07, 6.45) is 9.82. The van der Waals surface area contributed by atoms with Gasteiger partial charge < -0.3 is 9.47 Å². The number of aryl methyl sites for hydroxylation is 1. The normalized spacial score (nSPS) is 14.9. The van der Waals surface area contributed by atoms with E-state index in [1.54, 1.807) is 6.07 Å². The molecule has 1 fully saturated rings. The molecule has 1 aliphatic rings. The van der Waals surface area contributed by atoms with Crippen LogP contribution in [-0.2, 0) is 7.05 Å². The first-order chi connectivity index (χ1) is 14.1. The Morgan fingerprint density at radius 1 is 1.13 bits per heavy atom. The number of ketones is 1. The maximum absolute atomic E-state index is 13.6. The number of Topliss-reactive ketones (excluding diaryl/α,β-unsaturated/α-hetero) is 1. The lowest BCUT2D eigenvalue weighted by Crippen LogP contribution is -2.29. The maximum Gasteiger partial charge on any atom is 0.165 e. The Morgan fingerprint density at radius 2 is 1.87 bits per heavy atom. The predicted octanol–water partition coefficient (Wildman–Crippen LogP) is 6.09. The van der Waals surface area contributed by atoms with Gasteiger partial charge in [0.25, 0.3) is 0 Å². The molecular formula is C25H28ClFN2O. The first-order valence-corrected chi connectivity index (χ1v) is 10.4. The molecule has 0 bridgehead atoms. The Labute approximate surface area is 183 Å². The van der Waals surface area contributed by atoms with Crippen LogP contribution >= 0.6 is 12.4 Å². The van der Waals surface area contributed by atoms with Crippen LogP contribution in [0, 0.1) is 11.7 Å². The van der Waals surface area contributed by atoms with Crippen LogP contribution in [0.2, 0.25) is 0 Å². The third-order valence-corrected chi connectivity index (χ3v) is 5.96. The highest BCUT2D eigenvalue weighted by molar-refractivity contribution is 6.08. The molecule has 0 radical (unpaired) electrons. The number of benzene rings is 2. The molecule has 0 atom stereocenters. The van der Waals surface area contributed by atoms with Crippen molar-refractivity contribution in [1.82, 2.24) is 9.47 Å². The van der Waals surface area contributed by atoms with Gasteiger partial charge in [-0.15, -0.1) is 12.4 Å². The lowest BCUT2D eigenvalue weighted by molar-refractivity contribution is 0.0968. The molecule has 3 nitrogen and oxygen atoms in total. The van der Waals surface area contributed by atoms with Gasteiger partial charge in [-0.25, -0.2) is 4.39 Å². The summed E-state index contributed by atoms with van der Waals surface area (Å²) in [6, 6.07) is 15.0. The summed E-state index contributed by atoms with van der Waals surface area (Å²) in [5, 5.41) is 0.721. The second-order valence-corrected chi connectivity index (χ2v) is 7.98. The van der Waals surface area contributed by atoms with Crippen LogP contribution in [0.25, 0.3) is 17.0 Å². The van der Waals surface area contributed by atoms with E-state index in [0.717, 1.165) is 43.3 Å². The van der Waals surface area contributed by atoms with Gasteiger partial charge >= 0.3 is 0 Å². The topological polar surface area (TPSA) is 25.2 Å². The van der Waals surface area contributed by atoms with E-state index in [1.165, 1.54) is 17.7 Å². The number of halogens is 2. The van der Waals surface area contributed by atoms with E-state index < -0.39 is 0 Å². The summed E-state index contributed by atoms with van der Waals surface area (Å²) in [4.78, 5) is 15.2. The van der Waals surface area contributed by atoms with E-state index in [1.807, 2.05) is 36.0 Å². The smallest absolute Gasteiger partial charge is 0.165 e. The number of carbonyl (C=O) groups is 1. The number of likely N-dealkylation sites (tertiary alicyclic amines) is 1. The minimum atomic E-state index is -0.298. The van der Waals surface area contributed by atoms with Crippen molar-refractivity contribution < 1.29 is 9.18 Å². The minimum Gasteiger partial charge on any atom is -0.377 e. The third-order valence-electron chi connectivity index (χ3n) is 5.96.